The number of amides is 1. The Bertz CT molecular complexity index is 950. The molecule has 2 aliphatic rings. The normalized spacial score (nSPS) is 21.2. The Morgan fingerprint density at radius 3 is 2.45 bits per heavy atom. The van der Waals surface area contributed by atoms with E-state index in [2.05, 4.69) is 15.0 Å². The van der Waals surface area contributed by atoms with Gasteiger partial charge in [0.1, 0.15) is 11.6 Å². The second kappa shape index (κ2) is 9.26. The minimum atomic E-state index is -2.85. The van der Waals surface area contributed by atoms with Crippen molar-refractivity contribution in [3.63, 3.8) is 0 Å². The van der Waals surface area contributed by atoms with E-state index in [1.165, 1.54) is 24.3 Å². The molecule has 0 aliphatic carbocycles. The van der Waals surface area contributed by atoms with E-state index in [1.54, 1.807) is 36.0 Å². The summed E-state index contributed by atoms with van der Waals surface area (Å²) in [5.41, 5.74) is 2.85. The molecule has 1 amide bonds. The largest absolute Gasteiger partial charge is 0.435 e. The molecule has 2 aromatic rings. The average molecular weight is 449 g/mol. The third-order valence-electron chi connectivity index (χ3n) is 5.59. The molecule has 2 unspecified atom stereocenters. The molecule has 0 saturated carbocycles. The van der Waals surface area contributed by atoms with E-state index in [0.29, 0.717) is 19.5 Å². The van der Waals surface area contributed by atoms with Crippen molar-refractivity contribution in [2.45, 2.75) is 38.4 Å². The van der Waals surface area contributed by atoms with Crippen molar-refractivity contribution in [1.29, 1.82) is 0 Å². The number of carbonyl (C=O) groups is 1. The second-order valence-corrected chi connectivity index (χ2v) is 8.65. The van der Waals surface area contributed by atoms with Crippen LogP contribution in [0.2, 0.25) is 0 Å². The number of benzene rings is 2. The van der Waals surface area contributed by atoms with E-state index in [0.717, 1.165) is 23.2 Å². The molecule has 0 spiro atoms. The Labute approximate surface area is 183 Å². The molecule has 1 saturated heterocycles. The van der Waals surface area contributed by atoms with Crippen molar-refractivity contribution < 1.29 is 22.7 Å². The number of halogens is 3. The first-order chi connectivity index (χ1) is 14.9. The van der Waals surface area contributed by atoms with Crippen LogP contribution in [0.25, 0.3) is 0 Å². The van der Waals surface area contributed by atoms with E-state index in [4.69, 9.17) is 0 Å². The van der Waals surface area contributed by atoms with E-state index in [9.17, 15) is 18.0 Å². The van der Waals surface area contributed by atoms with Crippen LogP contribution in [0, 0.1) is 11.7 Å². The highest BCUT2D eigenvalue weighted by Crippen LogP contribution is 2.38. The number of likely N-dealkylation sites (tertiary alicyclic amines) is 1. The van der Waals surface area contributed by atoms with Gasteiger partial charge in [0.2, 0.25) is 5.91 Å². The van der Waals surface area contributed by atoms with Crippen LogP contribution in [0.3, 0.4) is 0 Å². The number of thioether (sulfide) groups is 1. The molecule has 4 rings (SSSR count). The minimum absolute atomic E-state index is 0.0950. The van der Waals surface area contributed by atoms with Gasteiger partial charge in [0, 0.05) is 24.7 Å². The maximum absolute atomic E-state index is 13.2. The Kier molecular flexibility index (Phi) is 6.46. The van der Waals surface area contributed by atoms with Gasteiger partial charge in [-0.15, -0.1) is 0 Å². The van der Waals surface area contributed by atoms with Gasteiger partial charge in [0.15, 0.2) is 5.50 Å². The van der Waals surface area contributed by atoms with E-state index in [-0.39, 0.29) is 28.9 Å². The van der Waals surface area contributed by atoms with Gasteiger partial charge in [0.25, 0.3) is 0 Å². The highest BCUT2D eigenvalue weighted by molar-refractivity contribution is 8.02. The summed E-state index contributed by atoms with van der Waals surface area (Å²) >= 11 is 1.61. The molecule has 2 aromatic carbocycles. The third-order valence-corrected chi connectivity index (χ3v) is 6.82. The fourth-order valence-corrected chi connectivity index (χ4v) is 5.17. The highest BCUT2D eigenvalue weighted by Gasteiger charge is 2.40. The molecule has 2 heterocycles. The van der Waals surface area contributed by atoms with Crippen LogP contribution in [-0.4, -0.2) is 34.4 Å². The number of allylic oxidation sites excluding steroid dienone is 1. The molecule has 31 heavy (non-hydrogen) atoms. The number of alkyl halides is 2. The summed E-state index contributed by atoms with van der Waals surface area (Å²) in [6.07, 6.45) is 1.31. The Morgan fingerprint density at radius 1 is 1.10 bits per heavy atom. The van der Waals surface area contributed by atoms with Crippen molar-refractivity contribution in [3.8, 4) is 5.75 Å². The first-order valence-corrected chi connectivity index (χ1v) is 11.0. The first-order valence-electron chi connectivity index (χ1n) is 10.1. The molecular weight excluding hydrogens is 425 g/mol. The number of hydrogen-bond donors (Lipinski definition) is 0. The van der Waals surface area contributed by atoms with Crippen molar-refractivity contribution in [3.05, 3.63) is 76.6 Å². The Balaban J connectivity index is 1.40. The van der Waals surface area contributed by atoms with Gasteiger partial charge in [-0.2, -0.15) is 8.78 Å². The minimum Gasteiger partial charge on any atom is -0.435 e. The second-order valence-electron chi connectivity index (χ2n) is 7.72. The lowest BCUT2D eigenvalue weighted by Gasteiger charge is -2.34. The van der Waals surface area contributed by atoms with Gasteiger partial charge >= 0.3 is 6.61 Å². The van der Waals surface area contributed by atoms with Gasteiger partial charge in [-0.3, -0.25) is 4.79 Å². The molecule has 2 aliphatic heterocycles. The quantitative estimate of drug-likeness (QED) is 0.582. The topological polar surface area (TPSA) is 32.8 Å². The smallest absolute Gasteiger partial charge is 0.387 e. The predicted molar refractivity (Wildman–Crippen MR) is 114 cm³/mol. The molecule has 164 valence electrons. The van der Waals surface area contributed by atoms with Crippen LogP contribution in [0.5, 0.6) is 5.75 Å². The summed E-state index contributed by atoms with van der Waals surface area (Å²) in [6, 6.07) is 12.9. The Hall–Kier alpha value is -2.61. The van der Waals surface area contributed by atoms with Crippen LogP contribution in [0.1, 0.15) is 24.5 Å². The average Bonchev–Trinajstić information content (AvgIpc) is 3.27. The summed E-state index contributed by atoms with van der Waals surface area (Å²) in [4.78, 5) is 17.2. The maximum Gasteiger partial charge on any atom is 0.387 e. The number of hydrogen-bond acceptors (Lipinski definition) is 4. The van der Waals surface area contributed by atoms with Crippen molar-refractivity contribution in [2.75, 3.05) is 6.54 Å². The summed E-state index contributed by atoms with van der Waals surface area (Å²) in [6.45, 7) is 0.418. The van der Waals surface area contributed by atoms with Crippen LogP contribution < -0.4 is 4.74 Å². The summed E-state index contributed by atoms with van der Waals surface area (Å²) in [5.74, 6) is -0.207. The highest BCUT2D eigenvalue weighted by atomic mass is 32.2. The zero-order valence-corrected chi connectivity index (χ0v) is 17.8. The number of ether oxygens (including phenoxy) is 1. The lowest BCUT2D eigenvalue weighted by atomic mass is 9.98. The van der Waals surface area contributed by atoms with E-state index < -0.39 is 6.61 Å². The molecule has 0 N–H and O–H groups in total. The molecule has 1 fully saturated rings. The SMILES string of the molecule is CC1=CSC(N2CCC(Cc3ccc(OC(F)F)cc3)C2=O)N1Cc1ccc(F)cc1. The van der Waals surface area contributed by atoms with Crippen molar-refractivity contribution in [1.82, 2.24) is 9.80 Å². The van der Waals surface area contributed by atoms with Crippen LogP contribution in [0.15, 0.2) is 59.6 Å². The molecule has 2 atom stereocenters. The van der Waals surface area contributed by atoms with Gasteiger partial charge < -0.3 is 14.5 Å². The summed E-state index contributed by atoms with van der Waals surface area (Å²) in [5, 5.41) is 2.05. The molecule has 8 heteroatoms. The molecular formula is C23H23F3N2O2S. The van der Waals surface area contributed by atoms with Gasteiger partial charge in [-0.1, -0.05) is 36.0 Å². The van der Waals surface area contributed by atoms with Crippen LogP contribution in [0.4, 0.5) is 13.2 Å². The monoisotopic (exact) mass is 448 g/mol. The number of rotatable bonds is 7. The fourth-order valence-electron chi connectivity index (χ4n) is 3.97. The summed E-state index contributed by atoms with van der Waals surface area (Å²) in [7, 11) is 0. The van der Waals surface area contributed by atoms with Gasteiger partial charge in [0.05, 0.1) is 0 Å². The number of carbonyl (C=O) groups excluding carboxylic acids is 1. The molecule has 0 aromatic heterocycles. The lowest BCUT2D eigenvalue weighted by Crippen LogP contribution is -2.44. The van der Waals surface area contributed by atoms with Crippen molar-refractivity contribution in [2.24, 2.45) is 5.92 Å². The van der Waals surface area contributed by atoms with Crippen LogP contribution >= 0.6 is 11.8 Å². The Morgan fingerprint density at radius 2 is 1.77 bits per heavy atom. The third kappa shape index (κ3) is 5.01. The lowest BCUT2D eigenvalue weighted by molar-refractivity contribution is -0.133. The molecule has 0 radical (unpaired) electrons. The molecule has 4 nitrogen and oxygen atoms in total. The first kappa shape index (κ1) is 21.6. The zero-order chi connectivity index (χ0) is 22.0. The fraction of sp³-hybridized carbons (Fsp3) is 0.348. The maximum atomic E-state index is 13.2. The van der Waals surface area contributed by atoms with Gasteiger partial charge in [-0.25, -0.2) is 4.39 Å². The van der Waals surface area contributed by atoms with Gasteiger partial charge in [-0.05, 0) is 60.6 Å². The summed E-state index contributed by atoms with van der Waals surface area (Å²) < 4.78 is 42.2. The van der Waals surface area contributed by atoms with Crippen LogP contribution in [-0.2, 0) is 17.8 Å². The van der Waals surface area contributed by atoms with E-state index in [1.807, 2.05) is 11.8 Å². The zero-order valence-electron chi connectivity index (χ0n) is 17.0. The van der Waals surface area contributed by atoms with Crippen molar-refractivity contribution >= 4 is 17.7 Å². The standard InChI is InChI=1S/C23H23F3N2O2S/c1-15-14-31-23(28(15)13-17-2-6-19(24)7-3-17)27-11-10-18(21(27)29)12-16-4-8-20(9-5-16)30-22(25)26/h2-9,14,18,22-23H,10-13H2,1H3. The van der Waals surface area contributed by atoms with E-state index >= 15 is 0 Å². The number of nitrogens with zero attached hydrogens (tertiary/aromatic N) is 2. The predicted octanol–water partition coefficient (Wildman–Crippen LogP) is 5.21. The molecule has 0 bridgehead atoms.